The number of fused-ring (bicyclic) bond motifs is 6. The van der Waals surface area contributed by atoms with Crippen LogP contribution in [-0.4, -0.2) is 9.13 Å². The van der Waals surface area contributed by atoms with Crippen LogP contribution in [0.3, 0.4) is 0 Å². The molecule has 3 heteroatoms. The molecule has 0 fully saturated rings. The molecule has 2 aromatic heterocycles. The van der Waals surface area contributed by atoms with Gasteiger partial charge in [-0.2, -0.15) is 0 Å². The van der Waals surface area contributed by atoms with Crippen molar-refractivity contribution >= 4 is 59.5 Å². The number of halogens is 1. The molecule has 0 aliphatic heterocycles. The summed E-state index contributed by atoms with van der Waals surface area (Å²) in [6.07, 6.45) is 0. The lowest BCUT2D eigenvalue weighted by molar-refractivity contribution is 0.823. The van der Waals surface area contributed by atoms with E-state index in [1.807, 2.05) is 0 Å². The standard InChI is InChI=1S/C22H19BrN2/c1-3-24-18-12-8-6-10-15(18)20-19(24)13-16-14-9-5-7-11-17(14)25(4-2)22(16)21(20)23/h5-13H,3-4H2,1-2H3. The first-order valence-corrected chi connectivity index (χ1v) is 9.66. The minimum atomic E-state index is 0.959. The highest BCUT2D eigenvalue weighted by Crippen LogP contribution is 2.42. The van der Waals surface area contributed by atoms with Crippen molar-refractivity contribution < 1.29 is 0 Å². The summed E-state index contributed by atoms with van der Waals surface area (Å²) in [5, 5.41) is 5.30. The molecule has 3 aromatic carbocycles. The quantitative estimate of drug-likeness (QED) is 0.317. The average Bonchev–Trinajstić information content (AvgIpc) is 3.15. The maximum atomic E-state index is 3.98. The Morgan fingerprint density at radius 1 is 0.720 bits per heavy atom. The van der Waals surface area contributed by atoms with Crippen LogP contribution in [0, 0.1) is 0 Å². The molecule has 2 heterocycles. The normalized spacial score (nSPS) is 12.1. The molecule has 0 radical (unpaired) electrons. The summed E-state index contributed by atoms with van der Waals surface area (Å²) >= 11 is 3.98. The van der Waals surface area contributed by atoms with Gasteiger partial charge >= 0.3 is 0 Å². The van der Waals surface area contributed by atoms with E-state index in [2.05, 4.69) is 93.5 Å². The van der Waals surface area contributed by atoms with E-state index >= 15 is 0 Å². The van der Waals surface area contributed by atoms with Gasteiger partial charge in [0, 0.05) is 45.7 Å². The van der Waals surface area contributed by atoms with Crippen LogP contribution in [0.15, 0.2) is 59.1 Å². The van der Waals surface area contributed by atoms with Crippen LogP contribution >= 0.6 is 15.9 Å². The Kier molecular flexibility index (Phi) is 3.23. The third-order valence-electron chi connectivity index (χ3n) is 5.36. The van der Waals surface area contributed by atoms with Gasteiger partial charge in [-0.15, -0.1) is 0 Å². The highest BCUT2D eigenvalue weighted by Gasteiger charge is 2.19. The molecule has 0 bridgehead atoms. The summed E-state index contributed by atoms with van der Waals surface area (Å²) in [6, 6.07) is 19.8. The number of nitrogens with zero attached hydrogens (tertiary/aromatic N) is 2. The summed E-state index contributed by atoms with van der Waals surface area (Å²) in [5.74, 6) is 0. The first kappa shape index (κ1) is 15.0. The zero-order valence-electron chi connectivity index (χ0n) is 14.4. The minimum Gasteiger partial charge on any atom is -0.341 e. The van der Waals surface area contributed by atoms with E-state index in [9.17, 15) is 0 Å². The second-order valence-corrected chi connectivity index (χ2v) is 7.30. The molecule has 5 rings (SSSR count). The van der Waals surface area contributed by atoms with Gasteiger partial charge in [-0.3, -0.25) is 0 Å². The van der Waals surface area contributed by atoms with Crippen molar-refractivity contribution in [2.24, 2.45) is 0 Å². The fourth-order valence-electron chi connectivity index (χ4n) is 4.34. The number of hydrogen-bond acceptors (Lipinski definition) is 0. The van der Waals surface area contributed by atoms with Crippen molar-refractivity contribution in [2.75, 3.05) is 0 Å². The molecule has 0 atom stereocenters. The third-order valence-corrected chi connectivity index (χ3v) is 6.13. The van der Waals surface area contributed by atoms with Crippen LogP contribution in [0.25, 0.3) is 43.6 Å². The summed E-state index contributed by atoms with van der Waals surface area (Å²) < 4.78 is 6.06. The molecule has 124 valence electrons. The zero-order chi connectivity index (χ0) is 17.1. The maximum Gasteiger partial charge on any atom is 0.0643 e. The van der Waals surface area contributed by atoms with E-state index in [1.54, 1.807) is 0 Å². The molecular formula is C22H19BrN2. The minimum absolute atomic E-state index is 0.959. The smallest absolute Gasteiger partial charge is 0.0643 e. The lowest BCUT2D eigenvalue weighted by Gasteiger charge is -2.07. The van der Waals surface area contributed by atoms with Gasteiger partial charge in [0.1, 0.15) is 0 Å². The molecule has 2 nitrogen and oxygen atoms in total. The zero-order valence-corrected chi connectivity index (χ0v) is 16.0. The molecule has 0 aliphatic carbocycles. The van der Waals surface area contributed by atoms with E-state index in [1.165, 1.54) is 48.1 Å². The Hall–Kier alpha value is -2.26. The highest BCUT2D eigenvalue weighted by atomic mass is 79.9. The fraction of sp³-hybridized carbons (Fsp3) is 0.182. The Labute approximate surface area is 154 Å². The van der Waals surface area contributed by atoms with Crippen molar-refractivity contribution in [1.29, 1.82) is 0 Å². The molecular weight excluding hydrogens is 372 g/mol. The molecule has 0 saturated heterocycles. The number of para-hydroxylation sites is 2. The molecule has 0 amide bonds. The predicted octanol–water partition coefficient (Wildman–Crippen LogP) is 6.70. The Balaban J connectivity index is 2.13. The maximum absolute atomic E-state index is 3.98. The lowest BCUT2D eigenvalue weighted by Crippen LogP contribution is -1.95. The lowest BCUT2D eigenvalue weighted by atomic mass is 10.1. The van der Waals surface area contributed by atoms with Gasteiger partial charge in [0.2, 0.25) is 0 Å². The molecule has 0 unspecified atom stereocenters. The van der Waals surface area contributed by atoms with Gasteiger partial charge in [-0.05, 0) is 48.0 Å². The number of rotatable bonds is 2. The van der Waals surface area contributed by atoms with Gasteiger partial charge < -0.3 is 9.13 Å². The van der Waals surface area contributed by atoms with Crippen molar-refractivity contribution in [1.82, 2.24) is 9.13 Å². The topological polar surface area (TPSA) is 9.86 Å². The van der Waals surface area contributed by atoms with E-state index in [-0.39, 0.29) is 0 Å². The van der Waals surface area contributed by atoms with Gasteiger partial charge in [0.05, 0.1) is 15.5 Å². The van der Waals surface area contributed by atoms with Crippen LogP contribution < -0.4 is 0 Å². The Morgan fingerprint density at radius 2 is 1.32 bits per heavy atom. The van der Waals surface area contributed by atoms with Gasteiger partial charge in [0.15, 0.2) is 0 Å². The molecule has 0 aliphatic rings. The molecule has 0 saturated carbocycles. The van der Waals surface area contributed by atoms with E-state index < -0.39 is 0 Å². The Bertz CT molecular complexity index is 1270. The molecule has 0 N–H and O–H groups in total. The van der Waals surface area contributed by atoms with E-state index in [0.29, 0.717) is 0 Å². The average molecular weight is 391 g/mol. The summed E-state index contributed by atoms with van der Waals surface area (Å²) in [5.41, 5.74) is 5.22. The fourth-order valence-corrected chi connectivity index (χ4v) is 5.19. The van der Waals surface area contributed by atoms with Crippen molar-refractivity contribution in [3.8, 4) is 0 Å². The van der Waals surface area contributed by atoms with Crippen molar-refractivity contribution in [3.63, 3.8) is 0 Å². The van der Waals surface area contributed by atoms with Crippen LogP contribution in [0.5, 0.6) is 0 Å². The van der Waals surface area contributed by atoms with Gasteiger partial charge in [-0.25, -0.2) is 0 Å². The number of aryl methyl sites for hydroxylation is 2. The molecule has 25 heavy (non-hydrogen) atoms. The second-order valence-electron chi connectivity index (χ2n) is 6.50. The van der Waals surface area contributed by atoms with Gasteiger partial charge in [-0.1, -0.05) is 36.4 Å². The predicted molar refractivity (Wildman–Crippen MR) is 111 cm³/mol. The van der Waals surface area contributed by atoms with E-state index in [0.717, 1.165) is 13.1 Å². The third kappa shape index (κ3) is 1.85. The highest BCUT2D eigenvalue weighted by molar-refractivity contribution is 9.10. The summed E-state index contributed by atoms with van der Waals surface area (Å²) in [4.78, 5) is 0. The van der Waals surface area contributed by atoms with Crippen LogP contribution in [-0.2, 0) is 13.1 Å². The van der Waals surface area contributed by atoms with E-state index in [4.69, 9.17) is 0 Å². The van der Waals surface area contributed by atoms with Crippen LogP contribution in [0.2, 0.25) is 0 Å². The van der Waals surface area contributed by atoms with Crippen LogP contribution in [0.1, 0.15) is 13.8 Å². The van der Waals surface area contributed by atoms with Gasteiger partial charge in [0.25, 0.3) is 0 Å². The number of aromatic nitrogens is 2. The molecule has 5 aromatic rings. The van der Waals surface area contributed by atoms with Crippen LogP contribution in [0.4, 0.5) is 0 Å². The van der Waals surface area contributed by atoms with Crippen molar-refractivity contribution in [2.45, 2.75) is 26.9 Å². The molecule has 0 spiro atoms. The number of hydrogen-bond donors (Lipinski definition) is 0. The Morgan fingerprint density at radius 3 is 2.00 bits per heavy atom. The second kappa shape index (κ2) is 5.37. The first-order chi connectivity index (χ1) is 12.3. The first-order valence-electron chi connectivity index (χ1n) is 8.86. The summed E-state index contributed by atoms with van der Waals surface area (Å²) in [6.45, 7) is 6.37. The van der Waals surface area contributed by atoms with Crippen molar-refractivity contribution in [3.05, 3.63) is 59.1 Å². The largest absolute Gasteiger partial charge is 0.341 e. The SMILES string of the molecule is CCn1c2ccccc2c2c(Br)c3c(cc21)c1ccccc1n3CC. The summed E-state index contributed by atoms with van der Waals surface area (Å²) in [7, 11) is 0. The number of benzene rings is 3. The monoisotopic (exact) mass is 390 g/mol.